The molecule has 0 fully saturated rings. The van der Waals surface area contributed by atoms with Crippen LogP contribution in [0.2, 0.25) is 6.82 Å². The number of hydrogen-bond acceptors (Lipinski definition) is 2. The van der Waals surface area contributed by atoms with E-state index in [1.807, 2.05) is 34.5 Å². The maximum Gasteiger partial charge on any atom is 0.289 e. The molecule has 65 valence electrons. The molecule has 0 unspecified atom stereocenters. The smallest absolute Gasteiger partial charge is 0.289 e. The van der Waals surface area contributed by atoms with Crippen molar-refractivity contribution in [2.45, 2.75) is 45.7 Å². The molecule has 0 aliphatic carbocycles. The molecular formula is C8H18BO2. The zero-order valence-electron chi connectivity index (χ0n) is 8.39. The minimum Gasteiger partial charge on any atom is -0.433 e. The number of rotatable bonds is 4. The lowest BCUT2D eigenvalue weighted by atomic mass is 9.87. The van der Waals surface area contributed by atoms with Gasteiger partial charge < -0.3 is 9.39 Å². The van der Waals surface area contributed by atoms with Gasteiger partial charge in [-0.1, -0.05) is 6.82 Å². The molecular weight excluding hydrogens is 139 g/mol. The van der Waals surface area contributed by atoms with Crippen LogP contribution in [0.1, 0.15) is 27.7 Å². The maximum absolute atomic E-state index is 5.44. The predicted molar refractivity (Wildman–Crippen MR) is 47.9 cm³/mol. The average molecular weight is 157 g/mol. The van der Waals surface area contributed by atoms with Crippen molar-refractivity contribution in [3.8, 4) is 0 Å². The SMILES string of the molecule is C[B]OC(C)(C)C(C)(C)OC. The second-order valence-corrected chi connectivity index (χ2v) is 3.58. The third-order valence-corrected chi connectivity index (χ3v) is 2.37. The van der Waals surface area contributed by atoms with E-state index in [0.717, 1.165) is 0 Å². The topological polar surface area (TPSA) is 18.5 Å². The molecule has 0 bridgehead atoms. The first-order chi connectivity index (χ1) is 4.87. The molecule has 0 aromatic rings. The van der Waals surface area contributed by atoms with Gasteiger partial charge in [0.1, 0.15) is 0 Å². The third kappa shape index (κ3) is 2.49. The van der Waals surface area contributed by atoms with Crippen LogP contribution >= 0.6 is 0 Å². The monoisotopic (exact) mass is 157 g/mol. The van der Waals surface area contributed by atoms with E-state index < -0.39 is 0 Å². The highest BCUT2D eigenvalue weighted by Gasteiger charge is 2.37. The number of hydrogen-bond donors (Lipinski definition) is 0. The summed E-state index contributed by atoms with van der Waals surface area (Å²) in [5.41, 5.74) is -0.546. The van der Waals surface area contributed by atoms with E-state index in [1.54, 1.807) is 14.6 Å². The molecule has 0 amide bonds. The Bertz CT molecular complexity index is 121. The molecule has 0 saturated carbocycles. The van der Waals surface area contributed by atoms with Crippen LogP contribution in [0.15, 0.2) is 0 Å². The molecule has 1 radical (unpaired) electrons. The summed E-state index contributed by atoms with van der Waals surface area (Å²) in [6.07, 6.45) is 0. The molecule has 0 rings (SSSR count). The van der Waals surface area contributed by atoms with E-state index in [2.05, 4.69) is 0 Å². The van der Waals surface area contributed by atoms with Gasteiger partial charge in [-0.2, -0.15) is 0 Å². The zero-order valence-corrected chi connectivity index (χ0v) is 8.39. The van der Waals surface area contributed by atoms with E-state index in [-0.39, 0.29) is 11.2 Å². The van der Waals surface area contributed by atoms with Crippen LogP contribution in [-0.4, -0.2) is 25.8 Å². The van der Waals surface area contributed by atoms with E-state index >= 15 is 0 Å². The first-order valence-electron chi connectivity index (χ1n) is 3.88. The lowest BCUT2D eigenvalue weighted by Gasteiger charge is -2.40. The van der Waals surface area contributed by atoms with Crippen LogP contribution in [0.5, 0.6) is 0 Å². The quantitative estimate of drug-likeness (QED) is 0.580. The molecule has 0 aromatic carbocycles. The highest BCUT2D eigenvalue weighted by molar-refractivity contribution is 6.25. The maximum atomic E-state index is 5.44. The van der Waals surface area contributed by atoms with Crippen molar-refractivity contribution in [3.63, 3.8) is 0 Å². The molecule has 0 aliphatic heterocycles. The normalized spacial score (nSPS) is 13.3. The van der Waals surface area contributed by atoms with Crippen molar-refractivity contribution in [1.29, 1.82) is 0 Å². The van der Waals surface area contributed by atoms with E-state index in [9.17, 15) is 0 Å². The molecule has 0 spiro atoms. The summed E-state index contributed by atoms with van der Waals surface area (Å²) in [5.74, 6) is 0. The zero-order chi connectivity index (χ0) is 9.12. The van der Waals surface area contributed by atoms with E-state index in [1.165, 1.54) is 0 Å². The second kappa shape index (κ2) is 3.59. The Labute approximate surface area is 70.5 Å². The van der Waals surface area contributed by atoms with Crippen molar-refractivity contribution in [3.05, 3.63) is 0 Å². The van der Waals surface area contributed by atoms with E-state index in [0.29, 0.717) is 0 Å². The van der Waals surface area contributed by atoms with Crippen molar-refractivity contribution < 1.29 is 9.39 Å². The van der Waals surface area contributed by atoms with Gasteiger partial charge in [-0.3, -0.25) is 0 Å². The van der Waals surface area contributed by atoms with Gasteiger partial charge in [0.25, 0.3) is 7.48 Å². The summed E-state index contributed by atoms with van der Waals surface area (Å²) in [7, 11) is 3.39. The Morgan fingerprint density at radius 3 is 1.73 bits per heavy atom. The molecule has 0 aliphatic rings. The summed E-state index contributed by atoms with van der Waals surface area (Å²) < 4.78 is 10.7. The Morgan fingerprint density at radius 2 is 1.45 bits per heavy atom. The minimum absolute atomic E-state index is 0.264. The highest BCUT2D eigenvalue weighted by Crippen LogP contribution is 2.27. The van der Waals surface area contributed by atoms with Crippen LogP contribution in [0, 0.1) is 0 Å². The molecule has 0 saturated heterocycles. The van der Waals surface area contributed by atoms with Gasteiger partial charge in [0.15, 0.2) is 0 Å². The molecule has 0 heterocycles. The number of ether oxygens (including phenoxy) is 1. The molecule has 0 atom stereocenters. The van der Waals surface area contributed by atoms with Gasteiger partial charge in [0.05, 0.1) is 11.2 Å². The van der Waals surface area contributed by atoms with E-state index in [4.69, 9.17) is 9.39 Å². The fourth-order valence-electron chi connectivity index (χ4n) is 0.682. The summed E-state index contributed by atoms with van der Waals surface area (Å²) in [6.45, 7) is 9.91. The highest BCUT2D eigenvalue weighted by atomic mass is 16.5. The molecule has 11 heavy (non-hydrogen) atoms. The summed E-state index contributed by atoms with van der Waals surface area (Å²) >= 11 is 0. The van der Waals surface area contributed by atoms with Gasteiger partial charge in [-0.05, 0) is 27.7 Å². The lowest BCUT2D eigenvalue weighted by Crippen LogP contribution is -2.49. The van der Waals surface area contributed by atoms with Gasteiger partial charge in [-0.25, -0.2) is 0 Å². The van der Waals surface area contributed by atoms with Crippen molar-refractivity contribution in [2.24, 2.45) is 0 Å². The second-order valence-electron chi connectivity index (χ2n) is 3.58. The molecule has 0 aromatic heterocycles. The first kappa shape index (κ1) is 11.0. The van der Waals surface area contributed by atoms with Crippen LogP contribution < -0.4 is 0 Å². The van der Waals surface area contributed by atoms with Crippen LogP contribution in [0.4, 0.5) is 0 Å². The fraction of sp³-hybridized carbons (Fsp3) is 1.00. The van der Waals surface area contributed by atoms with Crippen LogP contribution in [-0.2, 0) is 9.39 Å². The van der Waals surface area contributed by atoms with Crippen LogP contribution in [0.3, 0.4) is 0 Å². The van der Waals surface area contributed by atoms with Crippen molar-refractivity contribution in [2.75, 3.05) is 7.11 Å². The molecule has 0 N–H and O–H groups in total. The predicted octanol–water partition coefficient (Wildman–Crippen LogP) is 1.87. The minimum atomic E-state index is -0.281. The first-order valence-corrected chi connectivity index (χ1v) is 3.88. The average Bonchev–Trinajstić information content (AvgIpc) is 1.87. The summed E-state index contributed by atoms with van der Waals surface area (Å²) in [6, 6.07) is 0. The summed E-state index contributed by atoms with van der Waals surface area (Å²) in [4.78, 5) is 0. The lowest BCUT2D eigenvalue weighted by molar-refractivity contribution is -0.114. The van der Waals surface area contributed by atoms with Crippen LogP contribution in [0.25, 0.3) is 0 Å². The van der Waals surface area contributed by atoms with Gasteiger partial charge in [0, 0.05) is 7.11 Å². The standard InChI is InChI=1S/C8H18BO2/c1-7(2,10-6)8(3,4)11-9-5/h1-6H3. The molecule has 2 nitrogen and oxygen atoms in total. The Balaban J connectivity index is 4.26. The largest absolute Gasteiger partial charge is 0.433 e. The number of methoxy groups -OCH3 is 1. The van der Waals surface area contributed by atoms with Crippen molar-refractivity contribution in [1.82, 2.24) is 0 Å². The van der Waals surface area contributed by atoms with Gasteiger partial charge >= 0.3 is 0 Å². The summed E-state index contributed by atoms with van der Waals surface area (Å²) in [5, 5.41) is 0. The van der Waals surface area contributed by atoms with Gasteiger partial charge in [-0.15, -0.1) is 0 Å². The third-order valence-electron chi connectivity index (χ3n) is 2.37. The Kier molecular flexibility index (Phi) is 3.58. The Morgan fingerprint density at radius 1 is 1.00 bits per heavy atom. The van der Waals surface area contributed by atoms with Gasteiger partial charge in [0.2, 0.25) is 0 Å². The Hall–Kier alpha value is -0.0151. The fourth-order valence-corrected chi connectivity index (χ4v) is 0.682. The van der Waals surface area contributed by atoms with Crippen molar-refractivity contribution >= 4 is 7.48 Å². The molecule has 3 heteroatoms.